The van der Waals surface area contributed by atoms with Crippen molar-refractivity contribution in [1.29, 1.82) is 0 Å². The van der Waals surface area contributed by atoms with Crippen LogP contribution in [-0.4, -0.2) is 22.1 Å². The van der Waals surface area contributed by atoms with E-state index in [0.29, 0.717) is 6.42 Å². The summed E-state index contributed by atoms with van der Waals surface area (Å²) in [4.78, 5) is 0. The van der Waals surface area contributed by atoms with Crippen LogP contribution in [0.5, 0.6) is 5.75 Å². The second-order valence-corrected chi connectivity index (χ2v) is 4.89. The van der Waals surface area contributed by atoms with Gasteiger partial charge in [0, 0.05) is 0 Å². The van der Waals surface area contributed by atoms with Gasteiger partial charge in [-0.05, 0) is 24.1 Å². The Kier molecular flexibility index (Phi) is 3.13. The van der Waals surface area contributed by atoms with Gasteiger partial charge in [0.25, 0.3) is 0 Å². The maximum Gasteiger partial charge on any atom is 0.336 e. The fraction of sp³-hybridized carbons (Fsp3) is 0.400. The molecule has 0 radical (unpaired) electrons. The van der Waals surface area contributed by atoms with Crippen LogP contribution in [0.3, 0.4) is 0 Å². The molecule has 0 aromatic heterocycles. The molecule has 1 N–H and O–H groups in total. The fourth-order valence-electron chi connectivity index (χ4n) is 1.61. The number of hydrogen-bond donors (Lipinski definition) is 1. The topological polar surface area (TPSA) is 64.6 Å². The predicted octanol–water partition coefficient (Wildman–Crippen LogP) is 0.991. The lowest BCUT2D eigenvalue weighted by Gasteiger charge is -2.23. The highest BCUT2D eigenvalue weighted by Crippen LogP contribution is 2.23. The standard InChI is InChI=1S/C10H13NO4S/c1-14-9-4-2-8(3-5-9)10-6-7-15-16(12,13)11-10/h2-5,10-11H,6-7H2,1H3/t10-/m0/s1. The summed E-state index contributed by atoms with van der Waals surface area (Å²) in [7, 11) is -1.99. The number of methoxy groups -OCH3 is 1. The molecule has 1 aromatic carbocycles. The first-order chi connectivity index (χ1) is 7.61. The Morgan fingerprint density at radius 1 is 1.38 bits per heavy atom. The third-order valence-corrected chi connectivity index (χ3v) is 3.50. The number of nitrogens with one attached hydrogen (secondary N) is 1. The molecular formula is C10H13NO4S. The zero-order valence-electron chi connectivity index (χ0n) is 8.84. The van der Waals surface area contributed by atoms with E-state index in [1.807, 2.05) is 12.1 Å². The maximum absolute atomic E-state index is 11.2. The van der Waals surface area contributed by atoms with E-state index >= 15 is 0 Å². The van der Waals surface area contributed by atoms with Gasteiger partial charge in [0.05, 0.1) is 19.8 Å². The molecule has 1 heterocycles. The summed E-state index contributed by atoms with van der Waals surface area (Å²) in [6.07, 6.45) is 0.631. The lowest BCUT2D eigenvalue weighted by Crippen LogP contribution is -2.36. The third-order valence-electron chi connectivity index (χ3n) is 2.45. The first kappa shape index (κ1) is 11.4. The van der Waals surface area contributed by atoms with E-state index < -0.39 is 10.3 Å². The van der Waals surface area contributed by atoms with Crippen LogP contribution in [0, 0.1) is 0 Å². The molecule has 2 rings (SSSR count). The SMILES string of the molecule is COc1ccc([C@@H]2CCOS(=O)(=O)N2)cc1. The second kappa shape index (κ2) is 4.40. The van der Waals surface area contributed by atoms with Crippen LogP contribution in [0.2, 0.25) is 0 Å². The molecular weight excluding hydrogens is 230 g/mol. The molecule has 0 amide bonds. The van der Waals surface area contributed by atoms with Gasteiger partial charge < -0.3 is 4.74 Å². The van der Waals surface area contributed by atoms with Gasteiger partial charge in [0.15, 0.2) is 0 Å². The number of benzene rings is 1. The van der Waals surface area contributed by atoms with E-state index in [9.17, 15) is 8.42 Å². The minimum absolute atomic E-state index is 0.214. The summed E-state index contributed by atoms with van der Waals surface area (Å²) in [5.74, 6) is 0.749. The number of rotatable bonds is 2. The monoisotopic (exact) mass is 243 g/mol. The summed E-state index contributed by atoms with van der Waals surface area (Å²) < 4.78 is 34.5. The van der Waals surface area contributed by atoms with Crippen molar-refractivity contribution in [2.45, 2.75) is 12.5 Å². The summed E-state index contributed by atoms with van der Waals surface area (Å²) >= 11 is 0. The molecule has 1 atom stereocenters. The van der Waals surface area contributed by atoms with Crippen LogP contribution >= 0.6 is 0 Å². The van der Waals surface area contributed by atoms with Crippen LogP contribution in [0.15, 0.2) is 24.3 Å². The number of hydrogen-bond acceptors (Lipinski definition) is 4. The Morgan fingerprint density at radius 3 is 2.62 bits per heavy atom. The largest absolute Gasteiger partial charge is 0.497 e. The van der Waals surface area contributed by atoms with Crippen molar-refractivity contribution >= 4 is 10.3 Å². The molecule has 0 aliphatic carbocycles. The first-order valence-corrected chi connectivity index (χ1v) is 6.32. The Bertz CT molecular complexity index is 454. The van der Waals surface area contributed by atoms with E-state index in [1.54, 1.807) is 19.2 Å². The normalized spacial score (nSPS) is 23.9. The second-order valence-electron chi connectivity index (χ2n) is 3.51. The summed E-state index contributed by atoms with van der Waals surface area (Å²) in [6, 6.07) is 7.08. The van der Waals surface area contributed by atoms with Crippen molar-refractivity contribution in [3.05, 3.63) is 29.8 Å². The molecule has 1 aliphatic rings. The van der Waals surface area contributed by atoms with E-state index in [0.717, 1.165) is 11.3 Å². The van der Waals surface area contributed by atoms with E-state index in [-0.39, 0.29) is 12.6 Å². The van der Waals surface area contributed by atoms with Gasteiger partial charge in [-0.2, -0.15) is 13.1 Å². The molecule has 0 bridgehead atoms. The highest BCUT2D eigenvalue weighted by atomic mass is 32.2. The molecule has 0 spiro atoms. The Labute approximate surface area is 94.6 Å². The van der Waals surface area contributed by atoms with Crippen LogP contribution in [-0.2, 0) is 14.5 Å². The zero-order valence-corrected chi connectivity index (χ0v) is 9.66. The zero-order chi connectivity index (χ0) is 11.6. The molecule has 6 heteroatoms. The number of ether oxygens (including phenoxy) is 1. The van der Waals surface area contributed by atoms with Crippen molar-refractivity contribution in [3.8, 4) is 5.75 Å². The molecule has 0 unspecified atom stereocenters. The lowest BCUT2D eigenvalue weighted by atomic mass is 10.1. The molecule has 1 aliphatic heterocycles. The van der Waals surface area contributed by atoms with Crippen LogP contribution in [0.1, 0.15) is 18.0 Å². The lowest BCUT2D eigenvalue weighted by molar-refractivity contribution is 0.257. The van der Waals surface area contributed by atoms with Crippen molar-refractivity contribution < 1.29 is 17.3 Å². The van der Waals surface area contributed by atoms with Crippen molar-refractivity contribution in [2.75, 3.05) is 13.7 Å². The summed E-state index contributed by atoms with van der Waals surface area (Å²) in [5, 5.41) is 0. The summed E-state index contributed by atoms with van der Waals surface area (Å²) in [5.41, 5.74) is 0.910. The Balaban J connectivity index is 2.17. The molecule has 1 saturated heterocycles. The van der Waals surface area contributed by atoms with Gasteiger partial charge in [-0.15, -0.1) is 0 Å². The van der Waals surface area contributed by atoms with Crippen molar-refractivity contribution in [3.63, 3.8) is 0 Å². The molecule has 5 nitrogen and oxygen atoms in total. The Morgan fingerprint density at radius 2 is 2.06 bits per heavy atom. The smallest absolute Gasteiger partial charge is 0.336 e. The van der Waals surface area contributed by atoms with Gasteiger partial charge in [-0.3, -0.25) is 4.18 Å². The molecule has 1 aromatic rings. The van der Waals surface area contributed by atoms with Crippen LogP contribution < -0.4 is 9.46 Å². The molecule has 16 heavy (non-hydrogen) atoms. The van der Waals surface area contributed by atoms with Gasteiger partial charge in [-0.25, -0.2) is 0 Å². The average molecular weight is 243 g/mol. The average Bonchev–Trinajstić information content (AvgIpc) is 2.28. The van der Waals surface area contributed by atoms with Gasteiger partial charge in [0.1, 0.15) is 5.75 Å². The van der Waals surface area contributed by atoms with Crippen molar-refractivity contribution in [2.24, 2.45) is 0 Å². The third kappa shape index (κ3) is 2.52. The predicted molar refractivity (Wildman–Crippen MR) is 58.4 cm³/mol. The van der Waals surface area contributed by atoms with Crippen LogP contribution in [0.4, 0.5) is 0 Å². The minimum atomic E-state index is -3.58. The maximum atomic E-state index is 11.2. The first-order valence-electron chi connectivity index (χ1n) is 4.91. The van der Waals surface area contributed by atoms with Gasteiger partial charge in [0.2, 0.25) is 0 Å². The van der Waals surface area contributed by atoms with E-state index in [4.69, 9.17) is 4.74 Å². The Hall–Kier alpha value is -1.11. The quantitative estimate of drug-likeness (QED) is 0.841. The van der Waals surface area contributed by atoms with E-state index in [2.05, 4.69) is 8.91 Å². The molecule has 88 valence electrons. The molecule has 1 fully saturated rings. The fourth-order valence-corrected chi connectivity index (χ4v) is 2.60. The van der Waals surface area contributed by atoms with Gasteiger partial charge in [-0.1, -0.05) is 12.1 Å². The highest BCUT2D eigenvalue weighted by molar-refractivity contribution is 7.84. The van der Waals surface area contributed by atoms with Gasteiger partial charge >= 0.3 is 10.3 Å². The minimum Gasteiger partial charge on any atom is -0.497 e. The van der Waals surface area contributed by atoms with E-state index in [1.165, 1.54) is 0 Å². The van der Waals surface area contributed by atoms with Crippen molar-refractivity contribution in [1.82, 2.24) is 4.72 Å². The highest BCUT2D eigenvalue weighted by Gasteiger charge is 2.25. The summed E-state index contributed by atoms with van der Waals surface area (Å²) in [6.45, 7) is 0.214. The van der Waals surface area contributed by atoms with Crippen LogP contribution in [0.25, 0.3) is 0 Å². The molecule has 0 saturated carbocycles.